The number of hydrazine groups is 1. The Morgan fingerprint density at radius 1 is 1.12 bits per heavy atom. The van der Waals surface area contributed by atoms with Gasteiger partial charge in [-0.3, -0.25) is 10.4 Å². The maximum absolute atomic E-state index is 4.36. The van der Waals surface area contributed by atoms with Crippen LogP contribution in [0, 0.1) is 0 Å². The lowest BCUT2D eigenvalue weighted by Crippen LogP contribution is -2.47. The fourth-order valence-corrected chi connectivity index (χ4v) is 2.40. The highest BCUT2D eigenvalue weighted by molar-refractivity contribution is 5.80. The van der Waals surface area contributed by atoms with Crippen LogP contribution in [0.4, 0.5) is 0 Å². The van der Waals surface area contributed by atoms with Gasteiger partial charge in [0.1, 0.15) is 0 Å². The summed E-state index contributed by atoms with van der Waals surface area (Å²) in [6.45, 7) is 3.92. The minimum atomic E-state index is 0.885. The van der Waals surface area contributed by atoms with Gasteiger partial charge in [-0.1, -0.05) is 24.3 Å². The Morgan fingerprint density at radius 3 is 2.41 bits per heavy atom. The zero-order valence-corrected chi connectivity index (χ0v) is 9.95. The average molecular weight is 230 g/mol. The summed E-state index contributed by atoms with van der Waals surface area (Å²) in [5, 5.41) is 5.50. The molecule has 0 bridgehead atoms. The van der Waals surface area contributed by atoms with Gasteiger partial charge in [-0.05, 0) is 24.0 Å². The Labute approximate surface area is 102 Å². The van der Waals surface area contributed by atoms with Crippen molar-refractivity contribution in [1.29, 1.82) is 0 Å². The number of aliphatic imine (C=N–C) groups is 1. The molecule has 4 nitrogen and oxygen atoms in total. The SMILES string of the molecule is c1ccc2c(c1)CCN(NC1=NCCN1)CC2. The molecule has 2 aliphatic heterocycles. The molecule has 1 aromatic rings. The van der Waals surface area contributed by atoms with Crippen LogP contribution in [0.25, 0.3) is 0 Å². The van der Waals surface area contributed by atoms with Crippen molar-refractivity contribution >= 4 is 5.96 Å². The molecule has 0 radical (unpaired) electrons. The molecule has 4 heteroatoms. The van der Waals surface area contributed by atoms with E-state index in [-0.39, 0.29) is 0 Å². The summed E-state index contributed by atoms with van der Waals surface area (Å²) in [4.78, 5) is 4.36. The van der Waals surface area contributed by atoms with Gasteiger partial charge in [0.25, 0.3) is 0 Å². The first-order valence-corrected chi connectivity index (χ1v) is 6.28. The normalized spacial score (nSPS) is 20.1. The highest BCUT2D eigenvalue weighted by Gasteiger charge is 2.15. The van der Waals surface area contributed by atoms with E-state index < -0.39 is 0 Å². The molecule has 0 spiro atoms. The Balaban J connectivity index is 1.64. The van der Waals surface area contributed by atoms with Crippen LogP contribution < -0.4 is 10.7 Å². The number of hydrogen-bond acceptors (Lipinski definition) is 4. The summed E-state index contributed by atoms with van der Waals surface area (Å²) < 4.78 is 0. The molecular weight excluding hydrogens is 212 g/mol. The van der Waals surface area contributed by atoms with E-state index in [0.29, 0.717) is 0 Å². The first-order valence-electron chi connectivity index (χ1n) is 6.28. The third-order valence-electron chi connectivity index (χ3n) is 3.36. The molecule has 2 N–H and O–H groups in total. The molecule has 3 rings (SSSR count). The molecular formula is C13H18N4. The van der Waals surface area contributed by atoms with Gasteiger partial charge in [0.15, 0.2) is 0 Å². The molecule has 0 amide bonds. The molecule has 0 unspecified atom stereocenters. The van der Waals surface area contributed by atoms with Crippen molar-refractivity contribution in [3.8, 4) is 0 Å². The fourth-order valence-electron chi connectivity index (χ4n) is 2.40. The maximum Gasteiger partial charge on any atom is 0.206 e. The zero-order chi connectivity index (χ0) is 11.5. The number of nitrogens with one attached hydrogen (secondary N) is 2. The standard InChI is InChI=1S/C13H18N4/c1-2-4-12-6-10-17(9-5-11(12)3-1)16-13-14-7-8-15-13/h1-4H,5-10H2,(H2,14,15,16). The fraction of sp³-hybridized carbons (Fsp3) is 0.462. The van der Waals surface area contributed by atoms with Gasteiger partial charge in [0.2, 0.25) is 5.96 Å². The third kappa shape index (κ3) is 2.42. The number of benzene rings is 1. The van der Waals surface area contributed by atoms with Crippen molar-refractivity contribution in [2.45, 2.75) is 12.8 Å². The van der Waals surface area contributed by atoms with E-state index in [9.17, 15) is 0 Å². The van der Waals surface area contributed by atoms with Crippen LogP contribution in [0.5, 0.6) is 0 Å². The molecule has 0 saturated carbocycles. The lowest BCUT2D eigenvalue weighted by Gasteiger charge is -2.21. The van der Waals surface area contributed by atoms with Gasteiger partial charge in [-0.15, -0.1) is 0 Å². The van der Waals surface area contributed by atoms with Crippen LogP contribution >= 0.6 is 0 Å². The summed E-state index contributed by atoms with van der Waals surface area (Å²) in [6, 6.07) is 8.74. The van der Waals surface area contributed by atoms with E-state index in [4.69, 9.17) is 0 Å². The third-order valence-corrected chi connectivity index (χ3v) is 3.36. The highest BCUT2D eigenvalue weighted by atomic mass is 15.5. The lowest BCUT2D eigenvalue weighted by atomic mass is 10.0. The van der Waals surface area contributed by atoms with Crippen LogP contribution in [0.15, 0.2) is 29.3 Å². The minimum absolute atomic E-state index is 0.885. The molecule has 2 aliphatic rings. The van der Waals surface area contributed by atoms with Crippen LogP contribution in [0.1, 0.15) is 11.1 Å². The van der Waals surface area contributed by atoms with E-state index in [1.165, 1.54) is 11.1 Å². The first kappa shape index (κ1) is 10.6. The average Bonchev–Trinajstić information content (AvgIpc) is 2.78. The Bertz CT molecular complexity index is 400. The second-order valence-corrected chi connectivity index (χ2v) is 4.52. The van der Waals surface area contributed by atoms with Gasteiger partial charge in [-0.25, -0.2) is 5.01 Å². The second kappa shape index (κ2) is 4.75. The van der Waals surface area contributed by atoms with Gasteiger partial charge in [0, 0.05) is 19.6 Å². The van der Waals surface area contributed by atoms with E-state index >= 15 is 0 Å². The van der Waals surface area contributed by atoms with Gasteiger partial charge in [-0.2, -0.15) is 0 Å². The Kier molecular flexibility index (Phi) is 2.96. The Morgan fingerprint density at radius 2 is 1.82 bits per heavy atom. The van der Waals surface area contributed by atoms with E-state index in [2.05, 4.69) is 45.0 Å². The number of hydrogen-bond donors (Lipinski definition) is 2. The van der Waals surface area contributed by atoms with Crippen molar-refractivity contribution in [2.24, 2.45) is 4.99 Å². The summed E-state index contributed by atoms with van der Waals surface area (Å²) in [5.41, 5.74) is 6.33. The molecule has 0 fully saturated rings. The molecule has 1 aromatic carbocycles. The van der Waals surface area contributed by atoms with Crippen LogP contribution in [0.2, 0.25) is 0 Å². The van der Waals surface area contributed by atoms with Crippen LogP contribution in [0.3, 0.4) is 0 Å². The van der Waals surface area contributed by atoms with Gasteiger partial charge in [0.05, 0.1) is 6.54 Å². The van der Waals surface area contributed by atoms with E-state index in [0.717, 1.165) is 45.0 Å². The van der Waals surface area contributed by atoms with Gasteiger partial charge < -0.3 is 5.32 Å². The molecule has 17 heavy (non-hydrogen) atoms. The first-order chi connectivity index (χ1) is 8.42. The lowest BCUT2D eigenvalue weighted by molar-refractivity contribution is 0.245. The quantitative estimate of drug-likeness (QED) is 0.740. The predicted octanol–water partition coefficient (Wildman–Crippen LogP) is 0.551. The molecule has 0 atom stereocenters. The molecule has 0 aromatic heterocycles. The molecule has 90 valence electrons. The number of nitrogens with zero attached hydrogens (tertiary/aromatic N) is 2. The Hall–Kier alpha value is -1.55. The number of fused-ring (bicyclic) bond motifs is 1. The van der Waals surface area contributed by atoms with Crippen molar-refractivity contribution in [3.05, 3.63) is 35.4 Å². The largest absolute Gasteiger partial charge is 0.353 e. The minimum Gasteiger partial charge on any atom is -0.353 e. The molecule has 0 saturated heterocycles. The van der Waals surface area contributed by atoms with Crippen molar-refractivity contribution in [2.75, 3.05) is 26.2 Å². The zero-order valence-electron chi connectivity index (χ0n) is 9.95. The van der Waals surface area contributed by atoms with Crippen LogP contribution in [-0.2, 0) is 12.8 Å². The van der Waals surface area contributed by atoms with Crippen molar-refractivity contribution < 1.29 is 0 Å². The highest BCUT2D eigenvalue weighted by Crippen LogP contribution is 2.14. The number of rotatable bonds is 1. The number of guanidine groups is 1. The second-order valence-electron chi connectivity index (χ2n) is 4.52. The molecule has 2 heterocycles. The van der Waals surface area contributed by atoms with Gasteiger partial charge >= 0.3 is 0 Å². The molecule has 0 aliphatic carbocycles. The maximum atomic E-state index is 4.36. The van der Waals surface area contributed by atoms with E-state index in [1.807, 2.05) is 0 Å². The van der Waals surface area contributed by atoms with Crippen molar-refractivity contribution in [1.82, 2.24) is 15.8 Å². The van der Waals surface area contributed by atoms with Crippen LogP contribution in [-0.4, -0.2) is 37.1 Å². The van der Waals surface area contributed by atoms with E-state index in [1.54, 1.807) is 0 Å². The van der Waals surface area contributed by atoms with Crippen molar-refractivity contribution in [3.63, 3.8) is 0 Å². The summed E-state index contributed by atoms with van der Waals surface area (Å²) in [5.74, 6) is 0.927. The monoisotopic (exact) mass is 230 g/mol. The summed E-state index contributed by atoms with van der Waals surface area (Å²) in [7, 11) is 0. The summed E-state index contributed by atoms with van der Waals surface area (Å²) in [6.07, 6.45) is 2.22. The predicted molar refractivity (Wildman–Crippen MR) is 68.9 cm³/mol. The summed E-state index contributed by atoms with van der Waals surface area (Å²) >= 11 is 0. The smallest absolute Gasteiger partial charge is 0.206 e. The topological polar surface area (TPSA) is 39.7 Å².